The van der Waals surface area contributed by atoms with Gasteiger partial charge in [-0.1, -0.05) is 12.1 Å². The van der Waals surface area contributed by atoms with Crippen LogP contribution < -0.4 is 5.32 Å². The highest BCUT2D eigenvalue weighted by Gasteiger charge is 2.11. The molecule has 1 aromatic rings. The van der Waals surface area contributed by atoms with Gasteiger partial charge < -0.3 is 15.2 Å². The molecule has 0 aliphatic carbocycles. The van der Waals surface area contributed by atoms with Gasteiger partial charge in [0.1, 0.15) is 6.04 Å². The summed E-state index contributed by atoms with van der Waals surface area (Å²) in [5.41, 5.74) is 1.93. The fourth-order valence-corrected chi connectivity index (χ4v) is 1.38. The van der Waals surface area contributed by atoms with Crippen molar-refractivity contribution in [3.8, 4) is 0 Å². The van der Waals surface area contributed by atoms with E-state index in [1.54, 1.807) is 6.92 Å². The van der Waals surface area contributed by atoms with E-state index in [0.29, 0.717) is 6.42 Å². The van der Waals surface area contributed by atoms with Crippen molar-refractivity contribution in [2.45, 2.75) is 19.4 Å². The van der Waals surface area contributed by atoms with Gasteiger partial charge in [-0.15, -0.1) is 0 Å². The van der Waals surface area contributed by atoms with E-state index in [1.807, 2.05) is 24.3 Å². The molecule has 16 heavy (non-hydrogen) atoms. The summed E-state index contributed by atoms with van der Waals surface area (Å²) in [6, 6.07) is 7.23. The van der Waals surface area contributed by atoms with Gasteiger partial charge in [0.25, 0.3) is 0 Å². The first-order valence-electron chi connectivity index (χ1n) is 5.21. The smallest absolute Gasteiger partial charge is 0.327 e. The highest BCUT2D eigenvalue weighted by molar-refractivity contribution is 5.78. The second kappa shape index (κ2) is 6.12. The van der Waals surface area contributed by atoms with Crippen molar-refractivity contribution in [1.82, 2.24) is 0 Å². The molecule has 0 aliphatic heterocycles. The van der Waals surface area contributed by atoms with Crippen LogP contribution in [0.25, 0.3) is 0 Å². The second-order valence-corrected chi connectivity index (χ2v) is 3.56. The van der Waals surface area contributed by atoms with Crippen LogP contribution in [0, 0.1) is 0 Å². The molecule has 0 amide bonds. The summed E-state index contributed by atoms with van der Waals surface area (Å²) in [5.74, 6) is -0.292. The molecule has 1 rings (SSSR count). The Balaban J connectivity index is 2.58. The van der Waals surface area contributed by atoms with Gasteiger partial charge >= 0.3 is 5.97 Å². The van der Waals surface area contributed by atoms with E-state index in [-0.39, 0.29) is 18.6 Å². The molecule has 0 spiro atoms. The molecule has 88 valence electrons. The van der Waals surface area contributed by atoms with Gasteiger partial charge in [-0.3, -0.25) is 0 Å². The number of hydrogen-bond donors (Lipinski definition) is 2. The molecule has 2 N–H and O–H groups in total. The number of ether oxygens (including phenoxy) is 1. The summed E-state index contributed by atoms with van der Waals surface area (Å²) >= 11 is 0. The van der Waals surface area contributed by atoms with E-state index in [0.717, 1.165) is 11.3 Å². The average molecular weight is 223 g/mol. The third-order valence-corrected chi connectivity index (χ3v) is 2.29. The summed E-state index contributed by atoms with van der Waals surface area (Å²) in [6.07, 6.45) is 0.646. The lowest BCUT2D eigenvalue weighted by Gasteiger charge is -2.13. The summed E-state index contributed by atoms with van der Waals surface area (Å²) < 4.78 is 4.61. The molecule has 1 aromatic carbocycles. The van der Waals surface area contributed by atoms with Gasteiger partial charge in [-0.25, -0.2) is 4.79 Å². The van der Waals surface area contributed by atoms with E-state index < -0.39 is 0 Å². The average Bonchev–Trinajstić information content (AvgIpc) is 2.31. The van der Waals surface area contributed by atoms with Gasteiger partial charge in [-0.05, 0) is 31.0 Å². The molecule has 1 atom stereocenters. The van der Waals surface area contributed by atoms with Crippen LogP contribution in [0.15, 0.2) is 24.3 Å². The van der Waals surface area contributed by atoms with Crippen LogP contribution in [0.1, 0.15) is 12.5 Å². The third kappa shape index (κ3) is 3.55. The third-order valence-electron chi connectivity index (χ3n) is 2.29. The predicted molar refractivity (Wildman–Crippen MR) is 62.3 cm³/mol. The largest absolute Gasteiger partial charge is 0.467 e. The molecular weight excluding hydrogens is 206 g/mol. The molecule has 0 bridgehead atoms. The van der Waals surface area contributed by atoms with Crippen molar-refractivity contribution in [1.29, 1.82) is 0 Å². The van der Waals surface area contributed by atoms with Crippen molar-refractivity contribution >= 4 is 11.7 Å². The highest BCUT2D eigenvalue weighted by Crippen LogP contribution is 2.11. The number of anilines is 1. The summed E-state index contributed by atoms with van der Waals surface area (Å²) in [6.45, 7) is 1.89. The van der Waals surface area contributed by atoms with Gasteiger partial charge in [0.2, 0.25) is 0 Å². The zero-order valence-electron chi connectivity index (χ0n) is 9.56. The van der Waals surface area contributed by atoms with Crippen molar-refractivity contribution in [3.05, 3.63) is 29.8 Å². The van der Waals surface area contributed by atoms with Crippen molar-refractivity contribution in [3.63, 3.8) is 0 Å². The minimum Gasteiger partial charge on any atom is -0.467 e. The van der Waals surface area contributed by atoms with E-state index in [1.165, 1.54) is 7.11 Å². The van der Waals surface area contributed by atoms with Gasteiger partial charge in [0, 0.05) is 12.3 Å². The first-order chi connectivity index (χ1) is 7.67. The molecule has 1 unspecified atom stereocenters. The summed E-state index contributed by atoms with van der Waals surface area (Å²) in [4.78, 5) is 11.2. The number of aliphatic hydroxyl groups is 1. The van der Waals surface area contributed by atoms with Crippen molar-refractivity contribution < 1.29 is 14.6 Å². The SMILES string of the molecule is COC(=O)C(C)Nc1ccc(CCO)cc1. The van der Waals surface area contributed by atoms with Crippen molar-refractivity contribution in [2.75, 3.05) is 19.0 Å². The zero-order chi connectivity index (χ0) is 12.0. The van der Waals surface area contributed by atoms with Gasteiger partial charge in [0.15, 0.2) is 0 Å². The maximum atomic E-state index is 11.2. The monoisotopic (exact) mass is 223 g/mol. The quantitative estimate of drug-likeness (QED) is 0.736. The molecule has 4 heteroatoms. The number of carbonyl (C=O) groups excluding carboxylic acids is 1. The molecule has 0 radical (unpaired) electrons. The molecule has 0 heterocycles. The van der Waals surface area contributed by atoms with Crippen LogP contribution in [0.2, 0.25) is 0 Å². The first kappa shape index (κ1) is 12.5. The lowest BCUT2D eigenvalue weighted by molar-refractivity contribution is -0.141. The van der Waals surface area contributed by atoms with Crippen LogP contribution >= 0.6 is 0 Å². The lowest BCUT2D eigenvalue weighted by atomic mass is 10.1. The lowest BCUT2D eigenvalue weighted by Crippen LogP contribution is -2.27. The zero-order valence-corrected chi connectivity index (χ0v) is 9.56. The molecule has 0 saturated carbocycles. The van der Waals surface area contributed by atoms with Crippen molar-refractivity contribution in [2.24, 2.45) is 0 Å². The topological polar surface area (TPSA) is 58.6 Å². The molecule has 0 saturated heterocycles. The fourth-order valence-electron chi connectivity index (χ4n) is 1.38. The number of methoxy groups -OCH3 is 1. The Hall–Kier alpha value is -1.55. The Morgan fingerprint density at radius 2 is 2.06 bits per heavy atom. The summed E-state index contributed by atoms with van der Waals surface area (Å²) in [7, 11) is 1.37. The van der Waals surface area contributed by atoms with E-state index in [2.05, 4.69) is 10.1 Å². The molecule has 0 fully saturated rings. The van der Waals surface area contributed by atoms with Crippen LogP contribution in [-0.2, 0) is 16.0 Å². The Labute approximate surface area is 95.2 Å². The minimum absolute atomic E-state index is 0.144. The predicted octanol–water partition coefficient (Wildman–Crippen LogP) is 1.19. The van der Waals surface area contributed by atoms with E-state index in [9.17, 15) is 4.79 Å². The number of esters is 1. The number of rotatable bonds is 5. The maximum Gasteiger partial charge on any atom is 0.327 e. The highest BCUT2D eigenvalue weighted by atomic mass is 16.5. The molecule has 0 aliphatic rings. The fraction of sp³-hybridized carbons (Fsp3) is 0.417. The van der Waals surface area contributed by atoms with Gasteiger partial charge in [0.05, 0.1) is 7.11 Å². The normalized spacial score (nSPS) is 11.9. The van der Waals surface area contributed by atoms with Gasteiger partial charge in [-0.2, -0.15) is 0 Å². The Kier molecular flexibility index (Phi) is 4.79. The van der Waals surface area contributed by atoms with E-state index >= 15 is 0 Å². The van der Waals surface area contributed by atoms with Crippen LogP contribution in [0.3, 0.4) is 0 Å². The number of carbonyl (C=O) groups is 1. The number of hydrogen-bond acceptors (Lipinski definition) is 4. The van der Waals surface area contributed by atoms with Crippen LogP contribution in [-0.4, -0.2) is 30.8 Å². The van der Waals surface area contributed by atoms with Crippen LogP contribution in [0.5, 0.6) is 0 Å². The standard InChI is InChI=1S/C12H17NO3/c1-9(12(15)16-2)13-11-5-3-10(4-6-11)7-8-14/h3-6,9,13-14H,7-8H2,1-2H3. The molecule has 4 nitrogen and oxygen atoms in total. The minimum atomic E-state index is -0.367. The first-order valence-corrected chi connectivity index (χ1v) is 5.21. The Morgan fingerprint density at radius 3 is 2.56 bits per heavy atom. The Bertz CT molecular complexity index is 335. The number of nitrogens with one attached hydrogen (secondary N) is 1. The number of aliphatic hydroxyl groups excluding tert-OH is 1. The molecular formula is C12H17NO3. The number of benzene rings is 1. The molecule has 0 aromatic heterocycles. The van der Waals surface area contributed by atoms with E-state index in [4.69, 9.17) is 5.11 Å². The second-order valence-electron chi connectivity index (χ2n) is 3.56. The maximum absolute atomic E-state index is 11.2. The Morgan fingerprint density at radius 1 is 1.44 bits per heavy atom. The summed E-state index contributed by atoms with van der Waals surface area (Å²) in [5, 5.41) is 11.8. The van der Waals surface area contributed by atoms with Crippen LogP contribution in [0.4, 0.5) is 5.69 Å².